The number of pyridine rings is 1. The van der Waals surface area contributed by atoms with Gasteiger partial charge in [0.25, 0.3) is 0 Å². The zero-order valence-corrected chi connectivity index (χ0v) is 24.0. The van der Waals surface area contributed by atoms with Crippen molar-refractivity contribution in [2.24, 2.45) is 0 Å². The maximum absolute atomic E-state index is 6.72. The SMILES string of the molecule is COc1cc(OC)c(Cl)c(-c2cc3cnc(Nc4ccc(N5C[C@@H](C)N[C@@H](C)C5)c(Cl)c4)nc3n3cnnc23)c1. The smallest absolute Gasteiger partial charge is 0.229 e. The molecule has 2 N–H and O–H groups in total. The number of piperazine rings is 1. The summed E-state index contributed by atoms with van der Waals surface area (Å²) in [5, 5.41) is 17.2. The third-order valence-electron chi connectivity index (χ3n) is 6.97. The summed E-state index contributed by atoms with van der Waals surface area (Å²) in [6.45, 7) is 6.16. The van der Waals surface area contributed by atoms with E-state index in [1.807, 2.05) is 34.7 Å². The molecule has 0 radical (unpaired) electrons. The molecule has 5 aromatic rings. The van der Waals surface area contributed by atoms with Gasteiger partial charge in [-0.15, -0.1) is 10.2 Å². The molecule has 206 valence electrons. The predicted molar refractivity (Wildman–Crippen MR) is 159 cm³/mol. The van der Waals surface area contributed by atoms with Crippen LogP contribution in [0.4, 0.5) is 17.3 Å². The molecule has 0 saturated carbocycles. The number of benzene rings is 2. The van der Waals surface area contributed by atoms with E-state index in [1.165, 1.54) is 0 Å². The fourth-order valence-corrected chi connectivity index (χ4v) is 5.85. The Balaban J connectivity index is 1.35. The molecule has 0 bridgehead atoms. The van der Waals surface area contributed by atoms with Crippen LogP contribution in [-0.4, -0.2) is 64.0 Å². The third-order valence-corrected chi connectivity index (χ3v) is 7.67. The minimum Gasteiger partial charge on any atom is -0.497 e. The maximum Gasteiger partial charge on any atom is 0.229 e. The monoisotopic (exact) mass is 578 g/mol. The molecule has 12 heteroatoms. The molecule has 6 rings (SSSR count). The van der Waals surface area contributed by atoms with Gasteiger partial charge in [-0.1, -0.05) is 23.2 Å². The Morgan fingerprint density at radius 1 is 0.975 bits per heavy atom. The molecule has 0 aliphatic carbocycles. The molecule has 0 unspecified atom stereocenters. The van der Waals surface area contributed by atoms with Crippen LogP contribution in [0.3, 0.4) is 0 Å². The first kappa shape index (κ1) is 26.4. The minimum atomic E-state index is 0.389. The lowest BCUT2D eigenvalue weighted by molar-refractivity contribution is 0.395. The lowest BCUT2D eigenvalue weighted by Gasteiger charge is -2.38. The number of halogens is 2. The normalized spacial score (nSPS) is 17.4. The van der Waals surface area contributed by atoms with Gasteiger partial charge in [0.05, 0.1) is 30.0 Å². The van der Waals surface area contributed by atoms with E-state index in [4.69, 9.17) is 37.7 Å². The van der Waals surface area contributed by atoms with Gasteiger partial charge in [0.1, 0.15) is 17.8 Å². The predicted octanol–water partition coefficient (Wildman–Crippen LogP) is 5.59. The van der Waals surface area contributed by atoms with Crippen LogP contribution in [-0.2, 0) is 0 Å². The Kier molecular flexibility index (Phi) is 6.99. The molecule has 1 aliphatic rings. The van der Waals surface area contributed by atoms with Crippen LogP contribution in [0.15, 0.2) is 48.9 Å². The molecule has 2 aromatic carbocycles. The summed E-state index contributed by atoms with van der Waals surface area (Å²) < 4.78 is 12.7. The van der Waals surface area contributed by atoms with E-state index < -0.39 is 0 Å². The molecule has 1 aliphatic heterocycles. The van der Waals surface area contributed by atoms with Crippen molar-refractivity contribution in [1.82, 2.24) is 29.9 Å². The Morgan fingerprint density at radius 3 is 2.50 bits per heavy atom. The van der Waals surface area contributed by atoms with E-state index in [0.29, 0.717) is 56.4 Å². The van der Waals surface area contributed by atoms with Crippen molar-refractivity contribution >= 4 is 57.2 Å². The first-order valence-corrected chi connectivity index (χ1v) is 13.6. The summed E-state index contributed by atoms with van der Waals surface area (Å²) in [6, 6.07) is 12.2. The van der Waals surface area contributed by atoms with Crippen molar-refractivity contribution in [2.75, 3.05) is 37.5 Å². The van der Waals surface area contributed by atoms with Gasteiger partial charge in [-0.3, -0.25) is 4.40 Å². The Bertz CT molecular complexity index is 1720. The summed E-state index contributed by atoms with van der Waals surface area (Å²) in [7, 11) is 3.15. The molecule has 0 amide bonds. The van der Waals surface area contributed by atoms with E-state index in [2.05, 4.69) is 44.6 Å². The van der Waals surface area contributed by atoms with Crippen molar-refractivity contribution in [3.05, 3.63) is 59.0 Å². The Morgan fingerprint density at radius 2 is 1.77 bits per heavy atom. The lowest BCUT2D eigenvalue weighted by atomic mass is 10.0. The third kappa shape index (κ3) is 4.83. The number of ether oxygens (including phenoxy) is 2. The summed E-state index contributed by atoms with van der Waals surface area (Å²) in [5.74, 6) is 1.52. The molecule has 4 heterocycles. The Labute approximate surface area is 241 Å². The second kappa shape index (κ2) is 10.6. The summed E-state index contributed by atoms with van der Waals surface area (Å²) in [4.78, 5) is 11.6. The summed E-state index contributed by atoms with van der Waals surface area (Å²) in [5.41, 5.74) is 4.47. The maximum atomic E-state index is 6.72. The van der Waals surface area contributed by atoms with E-state index in [0.717, 1.165) is 35.4 Å². The number of methoxy groups -OCH3 is 2. The minimum absolute atomic E-state index is 0.389. The van der Waals surface area contributed by atoms with Gasteiger partial charge < -0.3 is 25.0 Å². The van der Waals surface area contributed by atoms with E-state index in [-0.39, 0.29) is 0 Å². The summed E-state index contributed by atoms with van der Waals surface area (Å²) in [6.07, 6.45) is 3.36. The van der Waals surface area contributed by atoms with Crippen molar-refractivity contribution in [3.63, 3.8) is 0 Å². The van der Waals surface area contributed by atoms with Gasteiger partial charge in [0, 0.05) is 59.6 Å². The van der Waals surface area contributed by atoms with Gasteiger partial charge in [-0.25, -0.2) is 4.98 Å². The molecule has 40 heavy (non-hydrogen) atoms. The van der Waals surface area contributed by atoms with E-state index in [1.54, 1.807) is 32.8 Å². The average molecular weight is 579 g/mol. The van der Waals surface area contributed by atoms with Crippen molar-refractivity contribution in [2.45, 2.75) is 25.9 Å². The Hall–Kier alpha value is -3.86. The molecule has 0 spiro atoms. The number of rotatable bonds is 6. The number of nitrogens with one attached hydrogen (secondary N) is 2. The van der Waals surface area contributed by atoms with Crippen LogP contribution in [0.2, 0.25) is 10.0 Å². The van der Waals surface area contributed by atoms with Crippen molar-refractivity contribution < 1.29 is 9.47 Å². The second-order valence-corrected chi connectivity index (χ2v) is 10.7. The first-order valence-electron chi connectivity index (χ1n) is 12.8. The highest BCUT2D eigenvalue weighted by Crippen LogP contribution is 2.41. The van der Waals surface area contributed by atoms with E-state index in [9.17, 15) is 0 Å². The van der Waals surface area contributed by atoms with E-state index >= 15 is 0 Å². The lowest BCUT2D eigenvalue weighted by Crippen LogP contribution is -2.54. The van der Waals surface area contributed by atoms with Gasteiger partial charge >= 0.3 is 0 Å². The second-order valence-electron chi connectivity index (χ2n) is 9.91. The number of nitrogens with zero attached hydrogens (tertiary/aromatic N) is 6. The highest BCUT2D eigenvalue weighted by atomic mass is 35.5. The van der Waals surface area contributed by atoms with Gasteiger partial charge in [0.2, 0.25) is 5.95 Å². The molecular formula is C28H28Cl2N8O2. The zero-order chi connectivity index (χ0) is 28.0. The number of hydrogen-bond acceptors (Lipinski definition) is 9. The standard InChI is InChI=1S/C28H28Cl2N8O2/c1-15-12-37(13-16(2)33-15)23-6-5-18(8-22(23)29)34-28-31-11-17-7-21(27-36-32-14-38(27)26(17)35-28)20-9-19(39-3)10-24(40-4)25(20)30/h5-11,14-16,33H,12-13H2,1-4H3,(H,31,34,35)/t15-,16+. The highest BCUT2D eigenvalue weighted by Gasteiger charge is 2.23. The fourth-order valence-electron chi connectivity index (χ4n) is 5.26. The highest BCUT2D eigenvalue weighted by molar-refractivity contribution is 6.35. The summed E-state index contributed by atoms with van der Waals surface area (Å²) >= 11 is 13.4. The van der Waals surface area contributed by atoms with Crippen molar-refractivity contribution in [1.29, 1.82) is 0 Å². The number of aromatic nitrogens is 5. The van der Waals surface area contributed by atoms with Crippen LogP contribution in [0.25, 0.3) is 27.8 Å². The van der Waals surface area contributed by atoms with Crippen LogP contribution < -0.4 is 25.0 Å². The van der Waals surface area contributed by atoms with Crippen LogP contribution in [0.5, 0.6) is 11.5 Å². The number of fused-ring (bicyclic) bond motifs is 3. The van der Waals surface area contributed by atoms with Gasteiger partial charge in [-0.05, 0) is 44.2 Å². The molecule has 3 aromatic heterocycles. The molecule has 10 nitrogen and oxygen atoms in total. The number of hydrogen-bond donors (Lipinski definition) is 2. The first-order chi connectivity index (χ1) is 19.3. The molecule has 2 atom stereocenters. The molecular weight excluding hydrogens is 551 g/mol. The van der Waals surface area contributed by atoms with Gasteiger partial charge in [0.15, 0.2) is 11.3 Å². The average Bonchev–Trinajstić information content (AvgIpc) is 3.43. The quantitative estimate of drug-likeness (QED) is 0.267. The van der Waals surface area contributed by atoms with Crippen LogP contribution in [0.1, 0.15) is 13.8 Å². The largest absolute Gasteiger partial charge is 0.497 e. The van der Waals surface area contributed by atoms with Crippen LogP contribution in [0, 0.1) is 0 Å². The topological polar surface area (TPSA) is 102 Å². The van der Waals surface area contributed by atoms with Gasteiger partial charge in [-0.2, -0.15) is 4.98 Å². The molecule has 1 fully saturated rings. The van der Waals surface area contributed by atoms with Crippen molar-refractivity contribution in [3.8, 4) is 22.6 Å². The fraction of sp³-hybridized carbons (Fsp3) is 0.286. The molecule has 1 saturated heterocycles. The number of anilines is 3. The zero-order valence-electron chi connectivity index (χ0n) is 22.4. The van der Waals surface area contributed by atoms with Crippen LogP contribution >= 0.6 is 23.2 Å².